The topological polar surface area (TPSA) is 85.2 Å². The molecule has 5 rings (SSSR count). The van der Waals surface area contributed by atoms with Gasteiger partial charge in [-0.2, -0.15) is 23.3 Å². The minimum atomic E-state index is -4.50. The molecule has 204 valence electrons. The van der Waals surface area contributed by atoms with Gasteiger partial charge in [0.05, 0.1) is 35.8 Å². The summed E-state index contributed by atoms with van der Waals surface area (Å²) >= 11 is 0. The molecule has 0 bridgehead atoms. The molecule has 0 amide bonds. The van der Waals surface area contributed by atoms with E-state index in [9.17, 15) is 18.0 Å². The van der Waals surface area contributed by atoms with Crippen LogP contribution in [0.15, 0.2) is 24.4 Å². The van der Waals surface area contributed by atoms with E-state index in [4.69, 9.17) is 9.72 Å². The zero-order valence-electron chi connectivity index (χ0n) is 21.6. The molecule has 1 aromatic carbocycles. The lowest BCUT2D eigenvalue weighted by Crippen LogP contribution is -2.37. The Labute approximate surface area is 219 Å². The lowest BCUT2D eigenvalue weighted by Gasteiger charge is -2.26. The van der Waals surface area contributed by atoms with Gasteiger partial charge in [0.1, 0.15) is 0 Å². The number of benzene rings is 1. The Hall–Kier alpha value is -3.05. The number of aryl methyl sites for hydroxylation is 1. The summed E-state index contributed by atoms with van der Waals surface area (Å²) in [5.74, 6) is -0.724. The first-order chi connectivity index (χ1) is 18.3. The summed E-state index contributed by atoms with van der Waals surface area (Å²) in [6, 6.07) is 3.55. The maximum absolute atomic E-state index is 13.5. The number of alkyl halides is 3. The zero-order valence-corrected chi connectivity index (χ0v) is 21.6. The summed E-state index contributed by atoms with van der Waals surface area (Å²) < 4.78 is 47.7. The molecule has 8 nitrogen and oxygen atoms in total. The molecule has 2 aliphatic rings. The van der Waals surface area contributed by atoms with Gasteiger partial charge in [-0.05, 0) is 42.6 Å². The van der Waals surface area contributed by atoms with E-state index in [1.54, 1.807) is 4.68 Å². The summed E-state index contributed by atoms with van der Waals surface area (Å²) in [7, 11) is 0. The molecule has 1 aliphatic heterocycles. The largest absolute Gasteiger partial charge is 0.416 e. The van der Waals surface area contributed by atoms with E-state index in [0.717, 1.165) is 70.7 Å². The quantitative estimate of drug-likeness (QED) is 0.388. The first-order valence-corrected chi connectivity index (χ1v) is 13.4. The maximum Gasteiger partial charge on any atom is 0.416 e. The van der Waals surface area contributed by atoms with Gasteiger partial charge in [-0.15, -0.1) is 0 Å². The van der Waals surface area contributed by atoms with Gasteiger partial charge in [0.2, 0.25) is 5.95 Å². The van der Waals surface area contributed by atoms with Gasteiger partial charge >= 0.3 is 6.18 Å². The summed E-state index contributed by atoms with van der Waals surface area (Å²) in [4.78, 5) is 24.8. The average Bonchev–Trinajstić information content (AvgIpc) is 3.45. The van der Waals surface area contributed by atoms with Crippen molar-refractivity contribution in [2.45, 2.75) is 57.7 Å². The maximum atomic E-state index is 13.5. The molecule has 1 N–H and O–H groups in total. The number of carbonyl (C=O) groups excluding carboxylic acids is 1. The van der Waals surface area contributed by atoms with Crippen LogP contribution in [0.2, 0.25) is 0 Å². The molecule has 1 unspecified atom stereocenters. The number of Topliss-reactive ketones (excluding diaryl/α,β-unsaturated/α-hetero) is 1. The van der Waals surface area contributed by atoms with Gasteiger partial charge in [-0.1, -0.05) is 25.8 Å². The molecule has 11 heteroatoms. The van der Waals surface area contributed by atoms with E-state index in [1.807, 2.05) is 6.20 Å². The fourth-order valence-corrected chi connectivity index (χ4v) is 5.20. The van der Waals surface area contributed by atoms with Gasteiger partial charge < -0.3 is 10.1 Å². The number of carbonyl (C=O) groups is 1. The van der Waals surface area contributed by atoms with Crippen LogP contribution in [0.5, 0.6) is 0 Å². The smallest absolute Gasteiger partial charge is 0.379 e. The second-order valence-electron chi connectivity index (χ2n) is 9.99. The minimum absolute atomic E-state index is 0.0799. The van der Waals surface area contributed by atoms with Crippen molar-refractivity contribution in [1.82, 2.24) is 24.6 Å². The summed E-state index contributed by atoms with van der Waals surface area (Å²) in [5.41, 5.74) is 1.06. The molecule has 3 heterocycles. The minimum Gasteiger partial charge on any atom is -0.379 e. The molecule has 1 aliphatic carbocycles. The number of hydrogen-bond acceptors (Lipinski definition) is 7. The molecule has 38 heavy (non-hydrogen) atoms. The molecule has 2 aromatic heterocycles. The molecule has 1 fully saturated rings. The molecular weight excluding hydrogens is 497 g/mol. The van der Waals surface area contributed by atoms with Crippen molar-refractivity contribution in [3.63, 3.8) is 0 Å². The molecular formula is C27H33F3N6O2. The number of nitrogens with zero attached hydrogens (tertiary/aromatic N) is 5. The van der Waals surface area contributed by atoms with Crippen LogP contribution in [-0.4, -0.2) is 69.8 Å². The predicted molar refractivity (Wildman–Crippen MR) is 137 cm³/mol. The van der Waals surface area contributed by atoms with Crippen LogP contribution in [0.1, 0.15) is 60.9 Å². The van der Waals surface area contributed by atoms with E-state index in [0.29, 0.717) is 46.9 Å². The Kier molecular flexibility index (Phi) is 7.94. The Morgan fingerprint density at radius 3 is 2.68 bits per heavy atom. The highest BCUT2D eigenvalue weighted by Crippen LogP contribution is 2.41. The van der Waals surface area contributed by atoms with Crippen molar-refractivity contribution in [2.24, 2.45) is 0 Å². The molecule has 0 saturated carbocycles. The number of nitrogens with one attached hydrogen (secondary N) is 1. The summed E-state index contributed by atoms with van der Waals surface area (Å²) in [5, 5.41) is 8.49. The second kappa shape index (κ2) is 11.4. The van der Waals surface area contributed by atoms with Crippen LogP contribution in [0.25, 0.3) is 11.0 Å². The average molecular weight is 531 g/mol. The fourth-order valence-electron chi connectivity index (χ4n) is 5.20. The highest BCUT2D eigenvalue weighted by molar-refractivity contribution is 5.98. The van der Waals surface area contributed by atoms with Gasteiger partial charge in [0.25, 0.3) is 0 Å². The van der Waals surface area contributed by atoms with Crippen LogP contribution in [0.4, 0.5) is 19.1 Å². The molecule has 3 aromatic rings. The number of unbranched alkanes of at least 4 members (excludes halogenated alkanes) is 2. The monoisotopic (exact) mass is 530 g/mol. The van der Waals surface area contributed by atoms with E-state index < -0.39 is 17.7 Å². The van der Waals surface area contributed by atoms with Crippen LogP contribution >= 0.6 is 0 Å². The number of ketones is 1. The molecule has 0 radical (unpaired) electrons. The fraction of sp³-hybridized carbons (Fsp3) is 0.556. The third-order valence-electron chi connectivity index (χ3n) is 7.23. The van der Waals surface area contributed by atoms with E-state index >= 15 is 0 Å². The number of aromatic nitrogens is 4. The first kappa shape index (κ1) is 26.6. The third-order valence-corrected chi connectivity index (χ3v) is 7.23. The molecule has 0 spiro atoms. The summed E-state index contributed by atoms with van der Waals surface area (Å²) in [6.45, 7) is 7.64. The Balaban J connectivity index is 1.45. The number of hydrogen-bond donors (Lipinski definition) is 1. The van der Waals surface area contributed by atoms with Crippen LogP contribution in [0.3, 0.4) is 0 Å². The van der Waals surface area contributed by atoms with E-state index in [2.05, 4.69) is 27.2 Å². The normalized spacial score (nSPS) is 18.3. The number of halogens is 3. The van der Waals surface area contributed by atoms with Crippen LogP contribution in [-0.2, 0) is 28.7 Å². The Bertz CT molecular complexity index is 1290. The predicted octanol–water partition coefficient (Wildman–Crippen LogP) is 4.43. The van der Waals surface area contributed by atoms with Crippen molar-refractivity contribution in [2.75, 3.05) is 44.7 Å². The van der Waals surface area contributed by atoms with Crippen molar-refractivity contribution in [3.8, 4) is 0 Å². The van der Waals surface area contributed by atoms with Gasteiger partial charge in [-0.3, -0.25) is 14.4 Å². The highest BCUT2D eigenvalue weighted by atomic mass is 19.4. The number of fused-ring (bicyclic) bond motifs is 2. The Morgan fingerprint density at radius 1 is 1.11 bits per heavy atom. The number of rotatable bonds is 10. The highest BCUT2D eigenvalue weighted by Gasteiger charge is 2.38. The second-order valence-corrected chi connectivity index (χ2v) is 9.99. The lowest BCUT2D eigenvalue weighted by molar-refractivity contribution is -0.137. The summed E-state index contributed by atoms with van der Waals surface area (Å²) in [6.07, 6.45) is 1.34. The van der Waals surface area contributed by atoms with Crippen molar-refractivity contribution < 1.29 is 22.7 Å². The van der Waals surface area contributed by atoms with Crippen molar-refractivity contribution in [1.29, 1.82) is 0 Å². The molecule has 1 saturated heterocycles. The third kappa shape index (κ3) is 5.83. The number of anilines is 1. The standard InChI is InChI=1S/C27H33F3N6O2/c1-2-3-4-10-36-17-21-24(23-20-16-19(27(28,29)30)7-6-18(20)15-22(23)37)32-26(33-25(21)34-36)31-8-5-9-35-11-13-38-14-12-35/h6-7,16-17,23H,2-5,8-15H2,1H3,(H,31,33,34). The number of ether oxygens (including phenoxy) is 1. The Morgan fingerprint density at radius 2 is 1.92 bits per heavy atom. The van der Waals surface area contributed by atoms with Gasteiger partial charge in [0.15, 0.2) is 11.4 Å². The van der Waals surface area contributed by atoms with Crippen LogP contribution in [0, 0.1) is 0 Å². The SMILES string of the molecule is CCCCCn1cc2c(C3C(=O)Cc4ccc(C(F)(F)F)cc43)nc(NCCCN3CCOCC3)nc2n1. The van der Waals surface area contributed by atoms with Crippen LogP contribution < -0.4 is 5.32 Å². The number of morpholine rings is 1. The zero-order chi connectivity index (χ0) is 26.7. The van der Waals surface area contributed by atoms with Crippen molar-refractivity contribution in [3.05, 3.63) is 46.8 Å². The lowest BCUT2D eigenvalue weighted by atomic mass is 9.93. The molecule has 1 atom stereocenters. The van der Waals surface area contributed by atoms with Gasteiger partial charge in [0, 0.05) is 38.8 Å². The van der Waals surface area contributed by atoms with Gasteiger partial charge in [-0.25, -0.2) is 4.98 Å². The first-order valence-electron chi connectivity index (χ1n) is 13.4. The van der Waals surface area contributed by atoms with E-state index in [-0.39, 0.29) is 12.2 Å². The van der Waals surface area contributed by atoms with E-state index in [1.165, 1.54) is 6.07 Å². The van der Waals surface area contributed by atoms with Crippen molar-refractivity contribution >= 4 is 22.8 Å².